The van der Waals surface area contributed by atoms with E-state index in [1.165, 1.54) is 0 Å². The van der Waals surface area contributed by atoms with Gasteiger partial charge in [-0.15, -0.1) is 0 Å². The number of aromatic nitrogens is 3. The molecule has 0 spiro atoms. The van der Waals surface area contributed by atoms with Crippen LogP contribution in [0.2, 0.25) is 0 Å². The number of nitrogens with zero attached hydrogens (tertiary/aromatic N) is 3. The fraction of sp³-hybridized carbons (Fsp3) is 0.105. The molecule has 4 rings (SSSR count). The van der Waals surface area contributed by atoms with E-state index in [4.69, 9.17) is 4.42 Å². The maximum atomic E-state index is 12.3. The molecule has 0 aliphatic rings. The van der Waals surface area contributed by atoms with Crippen LogP contribution in [-0.2, 0) is 0 Å². The fourth-order valence-corrected chi connectivity index (χ4v) is 2.73. The smallest absolute Gasteiger partial charge is 0.291 e. The molecule has 124 valence electrons. The molecule has 0 atom stereocenters. The van der Waals surface area contributed by atoms with Gasteiger partial charge in [0.2, 0.25) is 0 Å². The Morgan fingerprint density at radius 3 is 2.64 bits per heavy atom. The normalized spacial score (nSPS) is 11.0. The molecule has 6 nitrogen and oxygen atoms in total. The number of anilines is 1. The number of pyridine rings is 1. The van der Waals surface area contributed by atoms with E-state index in [1.807, 2.05) is 50.2 Å². The molecule has 1 aromatic carbocycles. The van der Waals surface area contributed by atoms with Crippen molar-refractivity contribution in [3.8, 4) is 5.82 Å². The number of rotatable bonds is 3. The number of nitrogens with one attached hydrogen (secondary N) is 1. The first-order valence-electron chi connectivity index (χ1n) is 7.90. The summed E-state index contributed by atoms with van der Waals surface area (Å²) in [4.78, 5) is 16.7. The molecule has 0 saturated heterocycles. The number of carbonyl (C=O) groups excluding carboxylic acids is 1. The molecule has 1 amide bonds. The molecular weight excluding hydrogens is 316 g/mol. The highest BCUT2D eigenvalue weighted by Gasteiger charge is 2.13. The van der Waals surface area contributed by atoms with Gasteiger partial charge in [-0.2, -0.15) is 5.10 Å². The van der Waals surface area contributed by atoms with Gasteiger partial charge >= 0.3 is 0 Å². The van der Waals surface area contributed by atoms with Gasteiger partial charge in [0.05, 0.1) is 17.6 Å². The van der Waals surface area contributed by atoms with Crippen molar-refractivity contribution in [1.29, 1.82) is 0 Å². The van der Waals surface area contributed by atoms with Gasteiger partial charge in [0.15, 0.2) is 11.6 Å². The first kappa shape index (κ1) is 15.1. The zero-order valence-corrected chi connectivity index (χ0v) is 13.9. The second kappa shape index (κ2) is 5.90. The molecule has 3 heterocycles. The minimum absolute atomic E-state index is 0.267. The van der Waals surface area contributed by atoms with Crippen LogP contribution in [0.1, 0.15) is 21.9 Å². The van der Waals surface area contributed by atoms with Crippen LogP contribution in [0, 0.1) is 13.8 Å². The van der Waals surface area contributed by atoms with Crippen LogP contribution >= 0.6 is 0 Å². The minimum Gasteiger partial charge on any atom is -0.451 e. The Kier molecular flexibility index (Phi) is 3.57. The van der Waals surface area contributed by atoms with Crippen molar-refractivity contribution in [2.24, 2.45) is 0 Å². The Labute approximate surface area is 144 Å². The maximum Gasteiger partial charge on any atom is 0.291 e. The molecule has 0 radical (unpaired) electrons. The number of furan rings is 1. The summed E-state index contributed by atoms with van der Waals surface area (Å²) in [6.45, 7) is 3.91. The molecule has 0 aliphatic heterocycles. The standard InChI is InChI=1S/C19H16N4O2/c1-12-9-13(2)23(22-12)18-8-7-15(11-20-18)21-19(24)17-10-14-5-3-4-6-16(14)25-17/h3-11H,1-2H3,(H,21,24). The third-order valence-corrected chi connectivity index (χ3v) is 3.88. The van der Waals surface area contributed by atoms with Crippen LogP contribution in [0.15, 0.2) is 59.1 Å². The average Bonchev–Trinajstić information content (AvgIpc) is 3.18. The second-order valence-electron chi connectivity index (χ2n) is 5.85. The van der Waals surface area contributed by atoms with Crippen molar-refractivity contribution in [2.75, 3.05) is 5.32 Å². The lowest BCUT2D eigenvalue weighted by Gasteiger charge is -2.06. The average molecular weight is 332 g/mol. The van der Waals surface area contributed by atoms with Gasteiger partial charge in [0.1, 0.15) is 5.58 Å². The lowest BCUT2D eigenvalue weighted by atomic mass is 10.2. The molecule has 1 N–H and O–H groups in total. The summed E-state index contributed by atoms with van der Waals surface area (Å²) in [6, 6.07) is 14.8. The van der Waals surface area contributed by atoms with Crippen LogP contribution < -0.4 is 5.32 Å². The molecule has 0 saturated carbocycles. The fourth-order valence-electron chi connectivity index (χ4n) is 2.73. The Balaban J connectivity index is 1.54. The van der Waals surface area contributed by atoms with Crippen molar-refractivity contribution in [2.45, 2.75) is 13.8 Å². The number of carbonyl (C=O) groups is 1. The number of fused-ring (bicyclic) bond motifs is 1. The van der Waals surface area contributed by atoms with Gasteiger partial charge in [0.25, 0.3) is 5.91 Å². The second-order valence-corrected chi connectivity index (χ2v) is 5.85. The van der Waals surface area contributed by atoms with Crippen LogP contribution in [0.25, 0.3) is 16.8 Å². The van der Waals surface area contributed by atoms with E-state index in [2.05, 4.69) is 15.4 Å². The van der Waals surface area contributed by atoms with Crippen molar-refractivity contribution in [1.82, 2.24) is 14.8 Å². The van der Waals surface area contributed by atoms with E-state index >= 15 is 0 Å². The molecule has 0 fully saturated rings. The Bertz CT molecular complexity index is 1030. The highest BCUT2D eigenvalue weighted by molar-refractivity contribution is 6.04. The summed E-state index contributed by atoms with van der Waals surface area (Å²) >= 11 is 0. The van der Waals surface area contributed by atoms with E-state index in [1.54, 1.807) is 23.0 Å². The van der Waals surface area contributed by atoms with Crippen molar-refractivity contribution < 1.29 is 9.21 Å². The van der Waals surface area contributed by atoms with Gasteiger partial charge < -0.3 is 9.73 Å². The highest BCUT2D eigenvalue weighted by Crippen LogP contribution is 2.20. The highest BCUT2D eigenvalue weighted by atomic mass is 16.3. The van der Waals surface area contributed by atoms with Crippen LogP contribution in [0.4, 0.5) is 5.69 Å². The number of hydrogen-bond acceptors (Lipinski definition) is 4. The number of aryl methyl sites for hydroxylation is 2. The summed E-state index contributed by atoms with van der Waals surface area (Å²) in [6.07, 6.45) is 1.60. The van der Waals surface area contributed by atoms with Crippen molar-refractivity contribution in [3.05, 3.63) is 71.9 Å². The van der Waals surface area contributed by atoms with E-state index in [0.717, 1.165) is 16.8 Å². The first-order chi connectivity index (χ1) is 12.1. The van der Waals surface area contributed by atoms with Gasteiger partial charge in [-0.1, -0.05) is 18.2 Å². The van der Waals surface area contributed by atoms with E-state index in [9.17, 15) is 4.79 Å². The van der Waals surface area contributed by atoms with Crippen molar-refractivity contribution in [3.63, 3.8) is 0 Å². The van der Waals surface area contributed by atoms with Gasteiger partial charge in [-0.3, -0.25) is 4.79 Å². The van der Waals surface area contributed by atoms with Crippen molar-refractivity contribution >= 4 is 22.6 Å². The SMILES string of the molecule is Cc1cc(C)n(-c2ccc(NC(=O)c3cc4ccccc4o3)cn2)n1. The molecule has 25 heavy (non-hydrogen) atoms. The Morgan fingerprint density at radius 1 is 1.12 bits per heavy atom. The predicted octanol–water partition coefficient (Wildman–Crippen LogP) is 3.88. The van der Waals surface area contributed by atoms with Crippen LogP contribution in [0.3, 0.4) is 0 Å². The van der Waals surface area contributed by atoms with Gasteiger partial charge in [-0.05, 0) is 44.2 Å². The molecule has 0 aliphatic carbocycles. The molecule has 0 unspecified atom stereocenters. The monoisotopic (exact) mass is 332 g/mol. The largest absolute Gasteiger partial charge is 0.451 e. The molecular formula is C19H16N4O2. The molecule has 0 bridgehead atoms. The minimum atomic E-state index is -0.308. The number of hydrogen-bond donors (Lipinski definition) is 1. The van der Waals surface area contributed by atoms with Gasteiger partial charge in [-0.25, -0.2) is 9.67 Å². The van der Waals surface area contributed by atoms with Gasteiger partial charge in [0, 0.05) is 11.1 Å². The third-order valence-electron chi connectivity index (χ3n) is 3.88. The van der Waals surface area contributed by atoms with E-state index in [-0.39, 0.29) is 11.7 Å². The molecule has 4 aromatic rings. The molecule has 6 heteroatoms. The summed E-state index contributed by atoms with van der Waals surface area (Å²) in [5.41, 5.74) is 3.21. The third kappa shape index (κ3) is 2.89. The van der Waals surface area contributed by atoms with E-state index in [0.29, 0.717) is 17.1 Å². The number of benzene rings is 1. The lowest BCUT2D eigenvalue weighted by molar-refractivity contribution is 0.0998. The Hall–Kier alpha value is -3.41. The zero-order chi connectivity index (χ0) is 17.4. The molecule has 3 aromatic heterocycles. The topological polar surface area (TPSA) is 73.0 Å². The number of para-hydroxylation sites is 1. The van der Waals surface area contributed by atoms with Crippen LogP contribution in [-0.4, -0.2) is 20.7 Å². The summed E-state index contributed by atoms with van der Waals surface area (Å²) < 4.78 is 7.33. The Morgan fingerprint density at radius 2 is 1.96 bits per heavy atom. The quantitative estimate of drug-likeness (QED) is 0.618. The zero-order valence-electron chi connectivity index (χ0n) is 13.9. The number of amides is 1. The van der Waals surface area contributed by atoms with E-state index < -0.39 is 0 Å². The first-order valence-corrected chi connectivity index (χ1v) is 7.90. The lowest BCUT2D eigenvalue weighted by Crippen LogP contribution is -2.11. The summed E-state index contributed by atoms with van der Waals surface area (Å²) in [7, 11) is 0. The summed E-state index contributed by atoms with van der Waals surface area (Å²) in [5.74, 6) is 0.660. The maximum absolute atomic E-state index is 12.3. The van der Waals surface area contributed by atoms with Crippen LogP contribution in [0.5, 0.6) is 0 Å². The summed E-state index contributed by atoms with van der Waals surface area (Å²) in [5, 5.41) is 8.08. The predicted molar refractivity (Wildman–Crippen MR) is 95.0 cm³/mol.